The van der Waals surface area contributed by atoms with Crippen LogP contribution in [0.3, 0.4) is 0 Å². The summed E-state index contributed by atoms with van der Waals surface area (Å²) in [5.74, 6) is -0.756. The Morgan fingerprint density at radius 3 is 2.00 bits per heavy atom. The minimum Gasteiger partial charge on any atom is -0.459 e. The highest BCUT2D eigenvalue weighted by Gasteiger charge is 2.23. The molecule has 0 atom stereocenters. The van der Waals surface area contributed by atoms with E-state index in [1.165, 1.54) is 0 Å². The van der Waals surface area contributed by atoms with Crippen LogP contribution in [0, 0.1) is 20.2 Å². The third-order valence-electron chi connectivity index (χ3n) is 3.39. The van der Waals surface area contributed by atoms with Crippen molar-refractivity contribution in [3.05, 3.63) is 44.0 Å². The van der Waals surface area contributed by atoms with Crippen molar-refractivity contribution in [2.45, 2.75) is 38.2 Å². The topological polar surface area (TPSA) is 113 Å². The van der Waals surface area contributed by atoms with E-state index in [0.29, 0.717) is 0 Å². The normalized spacial score (nSPS) is 15.4. The minimum absolute atomic E-state index is 0.165. The van der Waals surface area contributed by atoms with Gasteiger partial charge in [0.25, 0.3) is 11.4 Å². The van der Waals surface area contributed by atoms with Crippen molar-refractivity contribution in [2.24, 2.45) is 0 Å². The Morgan fingerprint density at radius 1 is 1.00 bits per heavy atom. The molecule has 0 aromatic heterocycles. The van der Waals surface area contributed by atoms with Crippen LogP contribution in [0.1, 0.15) is 42.5 Å². The number of hydrogen-bond donors (Lipinski definition) is 0. The molecule has 112 valence electrons. The molecule has 0 N–H and O–H groups in total. The molecule has 1 aromatic rings. The molecule has 0 heterocycles. The lowest BCUT2D eigenvalue weighted by atomic mass is 9.98. The Balaban J connectivity index is 2.22. The first-order chi connectivity index (χ1) is 9.97. The fraction of sp³-hybridized carbons (Fsp3) is 0.462. The number of nitrogens with zero attached hydrogens (tertiary/aromatic N) is 2. The zero-order chi connectivity index (χ0) is 15.4. The molecule has 2 rings (SSSR count). The summed E-state index contributed by atoms with van der Waals surface area (Å²) in [5.41, 5.74) is -1.17. The third kappa shape index (κ3) is 3.74. The molecule has 8 heteroatoms. The highest BCUT2D eigenvalue weighted by molar-refractivity contribution is 5.91. The Morgan fingerprint density at radius 2 is 1.52 bits per heavy atom. The summed E-state index contributed by atoms with van der Waals surface area (Å²) in [4.78, 5) is 32.0. The van der Waals surface area contributed by atoms with Crippen molar-refractivity contribution in [3.8, 4) is 0 Å². The van der Waals surface area contributed by atoms with Crippen LogP contribution in [0.2, 0.25) is 0 Å². The summed E-state index contributed by atoms with van der Waals surface area (Å²) < 4.78 is 5.26. The molecule has 1 fully saturated rings. The fourth-order valence-corrected chi connectivity index (χ4v) is 2.33. The zero-order valence-corrected chi connectivity index (χ0v) is 11.2. The molecule has 1 aliphatic rings. The minimum atomic E-state index is -0.773. The van der Waals surface area contributed by atoms with Crippen LogP contribution >= 0.6 is 0 Å². The maximum atomic E-state index is 12.0. The molecule has 1 aromatic carbocycles. The van der Waals surface area contributed by atoms with E-state index in [0.717, 1.165) is 50.3 Å². The van der Waals surface area contributed by atoms with Crippen LogP contribution in [-0.4, -0.2) is 21.9 Å². The average Bonchev–Trinajstić information content (AvgIpc) is 2.47. The number of nitro groups is 2. The van der Waals surface area contributed by atoms with Crippen molar-refractivity contribution in [1.82, 2.24) is 0 Å². The number of carbonyl (C=O) groups excluding carboxylic acids is 1. The van der Waals surface area contributed by atoms with Gasteiger partial charge in [-0.3, -0.25) is 20.2 Å². The van der Waals surface area contributed by atoms with Gasteiger partial charge in [-0.15, -0.1) is 0 Å². The van der Waals surface area contributed by atoms with Crippen LogP contribution in [0.25, 0.3) is 0 Å². The predicted molar refractivity (Wildman–Crippen MR) is 72.0 cm³/mol. The van der Waals surface area contributed by atoms with Crippen LogP contribution < -0.4 is 0 Å². The first-order valence-electron chi connectivity index (χ1n) is 6.62. The van der Waals surface area contributed by atoms with Crippen molar-refractivity contribution < 1.29 is 19.4 Å². The third-order valence-corrected chi connectivity index (χ3v) is 3.39. The van der Waals surface area contributed by atoms with Gasteiger partial charge in [0.1, 0.15) is 6.10 Å². The summed E-state index contributed by atoms with van der Waals surface area (Å²) in [6.07, 6.45) is 4.31. The van der Waals surface area contributed by atoms with Crippen molar-refractivity contribution >= 4 is 17.3 Å². The van der Waals surface area contributed by atoms with Crippen LogP contribution in [-0.2, 0) is 4.74 Å². The molecule has 8 nitrogen and oxygen atoms in total. The fourth-order valence-electron chi connectivity index (χ4n) is 2.33. The van der Waals surface area contributed by atoms with Gasteiger partial charge in [0, 0.05) is 12.1 Å². The lowest BCUT2D eigenvalue weighted by Crippen LogP contribution is -2.21. The molecule has 21 heavy (non-hydrogen) atoms. The summed E-state index contributed by atoms with van der Waals surface area (Å²) in [5, 5.41) is 21.5. The number of carbonyl (C=O) groups is 1. The highest BCUT2D eigenvalue weighted by atomic mass is 16.6. The first-order valence-corrected chi connectivity index (χ1v) is 6.62. The number of esters is 1. The largest absolute Gasteiger partial charge is 0.459 e. The van der Waals surface area contributed by atoms with Crippen LogP contribution in [0.4, 0.5) is 11.4 Å². The van der Waals surface area contributed by atoms with Gasteiger partial charge in [0.15, 0.2) is 0 Å². The van der Waals surface area contributed by atoms with E-state index in [4.69, 9.17) is 4.74 Å². The van der Waals surface area contributed by atoms with E-state index in [9.17, 15) is 25.0 Å². The number of nitro benzene ring substituents is 2. The molecular formula is C13H14N2O6. The number of benzene rings is 1. The van der Waals surface area contributed by atoms with E-state index in [-0.39, 0.29) is 11.7 Å². The Hall–Kier alpha value is -2.51. The average molecular weight is 294 g/mol. The monoisotopic (exact) mass is 294 g/mol. The lowest BCUT2D eigenvalue weighted by molar-refractivity contribution is -0.394. The van der Waals surface area contributed by atoms with Gasteiger partial charge in [0.2, 0.25) is 0 Å². The number of ether oxygens (including phenoxy) is 1. The number of non-ortho nitro benzene ring substituents is 2. The van der Waals surface area contributed by atoms with E-state index >= 15 is 0 Å². The highest BCUT2D eigenvalue weighted by Crippen LogP contribution is 2.25. The van der Waals surface area contributed by atoms with Crippen LogP contribution in [0.15, 0.2) is 18.2 Å². The van der Waals surface area contributed by atoms with E-state index in [1.54, 1.807) is 0 Å². The summed E-state index contributed by atoms with van der Waals surface area (Å²) >= 11 is 0. The molecule has 0 aliphatic heterocycles. The molecule has 0 saturated heterocycles. The molecule has 1 saturated carbocycles. The van der Waals surface area contributed by atoms with Gasteiger partial charge in [-0.05, 0) is 25.7 Å². The van der Waals surface area contributed by atoms with Crippen molar-refractivity contribution in [1.29, 1.82) is 0 Å². The van der Waals surface area contributed by atoms with Crippen molar-refractivity contribution in [3.63, 3.8) is 0 Å². The second-order valence-corrected chi connectivity index (χ2v) is 4.92. The summed E-state index contributed by atoms with van der Waals surface area (Å²) in [6, 6.07) is 2.81. The predicted octanol–water partition coefficient (Wildman–Crippen LogP) is 2.99. The maximum absolute atomic E-state index is 12.0. The zero-order valence-electron chi connectivity index (χ0n) is 11.2. The van der Waals surface area contributed by atoms with Crippen LogP contribution in [0.5, 0.6) is 0 Å². The summed E-state index contributed by atoms with van der Waals surface area (Å²) in [7, 11) is 0. The lowest BCUT2D eigenvalue weighted by Gasteiger charge is -2.21. The van der Waals surface area contributed by atoms with Gasteiger partial charge >= 0.3 is 5.97 Å². The SMILES string of the molecule is O=C(OC1CCCCC1)c1cc([N+](=O)[O-])cc([N+](=O)[O-])c1. The maximum Gasteiger partial charge on any atom is 0.338 e. The van der Waals surface area contributed by atoms with Gasteiger partial charge in [-0.2, -0.15) is 0 Å². The molecule has 0 bridgehead atoms. The smallest absolute Gasteiger partial charge is 0.338 e. The van der Waals surface area contributed by atoms with E-state index < -0.39 is 27.2 Å². The first kappa shape index (κ1) is 14.9. The van der Waals surface area contributed by atoms with Gasteiger partial charge < -0.3 is 4.74 Å². The van der Waals surface area contributed by atoms with Gasteiger partial charge in [-0.1, -0.05) is 6.42 Å². The Bertz CT molecular complexity index is 548. The second-order valence-electron chi connectivity index (χ2n) is 4.92. The molecular weight excluding hydrogens is 280 g/mol. The molecule has 0 radical (unpaired) electrons. The second kappa shape index (κ2) is 6.29. The number of rotatable bonds is 4. The number of hydrogen-bond acceptors (Lipinski definition) is 6. The quantitative estimate of drug-likeness (QED) is 0.479. The van der Waals surface area contributed by atoms with E-state index in [2.05, 4.69) is 0 Å². The standard InChI is InChI=1S/C13H14N2O6/c16-13(21-12-4-2-1-3-5-12)9-6-10(14(17)18)8-11(7-9)15(19)20/h6-8,12H,1-5H2. The molecule has 0 amide bonds. The Labute approximate surface area is 120 Å². The van der Waals surface area contributed by atoms with E-state index in [1.807, 2.05) is 0 Å². The van der Waals surface area contributed by atoms with Gasteiger partial charge in [0.05, 0.1) is 21.5 Å². The van der Waals surface area contributed by atoms with Crippen molar-refractivity contribution in [2.75, 3.05) is 0 Å². The summed E-state index contributed by atoms with van der Waals surface area (Å²) in [6.45, 7) is 0. The molecule has 1 aliphatic carbocycles. The molecule has 0 spiro atoms. The molecule has 0 unspecified atom stereocenters. The van der Waals surface area contributed by atoms with Gasteiger partial charge in [-0.25, -0.2) is 4.79 Å². The Kier molecular flexibility index (Phi) is 4.46.